The molecule has 1 aromatic rings. The molecule has 0 aliphatic rings. The van der Waals surface area contributed by atoms with E-state index in [0.29, 0.717) is 5.69 Å². The van der Waals surface area contributed by atoms with Crippen molar-refractivity contribution in [2.75, 3.05) is 26.3 Å². The normalized spacial score (nSPS) is 15.0. The summed E-state index contributed by atoms with van der Waals surface area (Å²) in [6.07, 6.45) is 0.864. The van der Waals surface area contributed by atoms with E-state index in [4.69, 9.17) is 17.2 Å². The van der Waals surface area contributed by atoms with Gasteiger partial charge in [0.25, 0.3) is 0 Å². The van der Waals surface area contributed by atoms with E-state index in [-0.39, 0.29) is 31.8 Å². The number of aliphatic hydroxyl groups excluding tert-OH is 3. The number of guanidine groups is 1. The topological polar surface area (TPSA) is 392 Å². The number of aromatic nitrogens is 2. The summed E-state index contributed by atoms with van der Waals surface area (Å²) in [4.78, 5) is 98.5. The fourth-order valence-corrected chi connectivity index (χ4v) is 4.11. The summed E-state index contributed by atoms with van der Waals surface area (Å²) in [6.45, 7) is 0.0852. The Morgan fingerprint density at radius 3 is 1.82 bits per heavy atom. The number of nitrogens with one attached hydrogen (secondary N) is 7. The van der Waals surface area contributed by atoms with Crippen molar-refractivity contribution in [1.29, 1.82) is 0 Å². The van der Waals surface area contributed by atoms with Crippen molar-refractivity contribution in [2.45, 2.75) is 75.5 Å². The summed E-state index contributed by atoms with van der Waals surface area (Å²) in [5, 5.41) is 52.3. The molecule has 1 aromatic heterocycles. The molecule has 0 saturated carbocycles. The molecule has 23 heteroatoms. The van der Waals surface area contributed by atoms with Crippen LogP contribution in [0.2, 0.25) is 0 Å². The van der Waals surface area contributed by atoms with Crippen LogP contribution >= 0.6 is 0 Å². The molecule has 280 valence electrons. The first-order valence-corrected chi connectivity index (χ1v) is 15.2. The van der Waals surface area contributed by atoms with Gasteiger partial charge in [-0.1, -0.05) is 0 Å². The average molecular weight is 715 g/mol. The van der Waals surface area contributed by atoms with Gasteiger partial charge in [-0.2, -0.15) is 0 Å². The number of hydrogen-bond donors (Lipinski definition) is 14. The highest BCUT2D eigenvalue weighted by atomic mass is 16.4. The maximum atomic E-state index is 13.5. The van der Waals surface area contributed by atoms with Crippen LogP contribution in [0.25, 0.3) is 0 Å². The second-order valence-corrected chi connectivity index (χ2v) is 10.9. The van der Waals surface area contributed by atoms with E-state index in [9.17, 15) is 54.0 Å². The molecular formula is C27H46N12O11. The molecule has 7 atom stereocenters. The van der Waals surface area contributed by atoms with Crippen molar-refractivity contribution in [3.63, 3.8) is 0 Å². The van der Waals surface area contributed by atoms with Gasteiger partial charge < -0.3 is 74.5 Å². The predicted octanol–water partition coefficient (Wildman–Crippen LogP) is -7.66. The highest BCUT2D eigenvalue weighted by Gasteiger charge is 2.33. The van der Waals surface area contributed by atoms with Crippen LogP contribution in [-0.4, -0.2) is 146 Å². The first-order chi connectivity index (χ1) is 23.5. The highest BCUT2D eigenvalue weighted by molar-refractivity contribution is 5.97. The van der Waals surface area contributed by atoms with Crippen LogP contribution in [0.5, 0.6) is 0 Å². The number of carboxylic acid groups (broad SMARTS) is 1. The van der Waals surface area contributed by atoms with Crippen LogP contribution in [0.1, 0.15) is 32.4 Å². The van der Waals surface area contributed by atoms with Crippen molar-refractivity contribution in [3.05, 3.63) is 18.2 Å². The van der Waals surface area contributed by atoms with E-state index in [1.807, 2.05) is 0 Å². The van der Waals surface area contributed by atoms with E-state index in [1.165, 1.54) is 19.4 Å². The molecule has 0 bridgehead atoms. The van der Waals surface area contributed by atoms with Gasteiger partial charge in [-0.3, -0.25) is 33.8 Å². The van der Waals surface area contributed by atoms with Gasteiger partial charge >= 0.3 is 5.97 Å². The molecule has 1 rings (SSSR count). The largest absolute Gasteiger partial charge is 0.480 e. The zero-order valence-electron chi connectivity index (χ0n) is 27.4. The van der Waals surface area contributed by atoms with E-state index in [0.717, 1.165) is 6.92 Å². The van der Waals surface area contributed by atoms with Gasteiger partial charge in [0.2, 0.25) is 35.4 Å². The Balaban J connectivity index is 3.19. The van der Waals surface area contributed by atoms with Crippen molar-refractivity contribution in [3.8, 4) is 0 Å². The minimum Gasteiger partial charge on any atom is -0.480 e. The molecule has 6 amide bonds. The molecule has 17 N–H and O–H groups in total. The standard InChI is InChI=1S/C27H46N12O11/c1-12(34-19(43)7-28)21(44)37-17(9-40)25(48)38-18(10-41)24(47)35-15(4-3-5-32-27(29)30)22(45)36-16(6-14-8-31-11-33-14)23(46)39-20(13(2)42)26(49)50/h8,11-13,15-18,20,40-42H,3-7,9-10,28H2,1-2H3,(H,31,33)(H,34,43)(H,35,47)(H,36,45)(H,37,44)(H,38,48)(H,39,46)(H,49,50)(H4,29,30,32)/t12-,13+,15-,16-,17-,18-,20-/m0/s1. The summed E-state index contributed by atoms with van der Waals surface area (Å²) in [5.74, 6) is -7.48. The van der Waals surface area contributed by atoms with E-state index < -0.39 is 104 Å². The molecule has 23 nitrogen and oxygen atoms in total. The second-order valence-electron chi connectivity index (χ2n) is 10.9. The summed E-state index contributed by atoms with van der Waals surface area (Å²) < 4.78 is 0. The number of aromatic amines is 1. The Bertz CT molecular complexity index is 1340. The fourth-order valence-electron chi connectivity index (χ4n) is 4.11. The molecule has 0 radical (unpaired) electrons. The van der Waals surface area contributed by atoms with Gasteiger partial charge in [0.05, 0.1) is 32.2 Å². The number of aliphatic carboxylic acids is 1. The van der Waals surface area contributed by atoms with Gasteiger partial charge in [-0.25, -0.2) is 9.78 Å². The molecule has 0 aromatic carbocycles. The summed E-state index contributed by atoms with van der Waals surface area (Å²) >= 11 is 0. The number of carbonyl (C=O) groups is 7. The SMILES string of the molecule is C[C@H](NC(=O)CN)C(=O)N[C@@H](CO)C(=O)N[C@@H](CO)C(=O)N[C@@H](CCCN=C(N)N)C(=O)N[C@@H](Cc1cnc[nH]1)C(=O)N[C@H](C(=O)O)[C@@H](C)O. The number of imidazole rings is 1. The third-order valence-corrected chi connectivity index (χ3v) is 6.82. The van der Waals surface area contributed by atoms with Crippen molar-refractivity contribution < 1.29 is 54.0 Å². The van der Waals surface area contributed by atoms with Gasteiger partial charge in [0.1, 0.15) is 30.2 Å². The molecule has 0 saturated heterocycles. The zero-order chi connectivity index (χ0) is 38.0. The Labute approximate surface area is 285 Å². The molecule has 0 fully saturated rings. The summed E-state index contributed by atoms with van der Waals surface area (Å²) in [5.41, 5.74) is 16.2. The minimum atomic E-state index is -1.73. The molecule has 1 heterocycles. The van der Waals surface area contributed by atoms with Crippen LogP contribution < -0.4 is 49.1 Å². The maximum absolute atomic E-state index is 13.5. The van der Waals surface area contributed by atoms with Crippen molar-refractivity contribution >= 4 is 47.4 Å². The first-order valence-electron chi connectivity index (χ1n) is 15.2. The fraction of sp³-hybridized carbons (Fsp3) is 0.593. The minimum absolute atomic E-state index is 0.0108. The number of hydrogen-bond acceptors (Lipinski definition) is 13. The van der Waals surface area contributed by atoms with Crippen LogP contribution in [-0.2, 0) is 40.0 Å². The smallest absolute Gasteiger partial charge is 0.328 e. The van der Waals surface area contributed by atoms with Crippen LogP contribution in [0.4, 0.5) is 0 Å². The summed E-state index contributed by atoms with van der Waals surface area (Å²) in [6, 6.07) is -9.13. The van der Waals surface area contributed by atoms with E-state index >= 15 is 0 Å². The van der Waals surface area contributed by atoms with Crippen LogP contribution in [0.15, 0.2) is 17.5 Å². The highest BCUT2D eigenvalue weighted by Crippen LogP contribution is 2.06. The second kappa shape index (κ2) is 21.6. The number of rotatable bonds is 22. The molecule has 0 aliphatic carbocycles. The Morgan fingerprint density at radius 1 is 0.820 bits per heavy atom. The molecule has 0 unspecified atom stereocenters. The van der Waals surface area contributed by atoms with E-state index in [2.05, 4.69) is 46.9 Å². The number of aliphatic hydroxyl groups is 3. The number of nitrogens with zero attached hydrogens (tertiary/aromatic N) is 2. The Morgan fingerprint density at radius 2 is 1.34 bits per heavy atom. The number of carboxylic acids is 1. The van der Waals surface area contributed by atoms with Gasteiger partial charge in [0, 0.05) is 24.9 Å². The van der Waals surface area contributed by atoms with Crippen LogP contribution in [0.3, 0.4) is 0 Å². The number of nitrogens with two attached hydrogens (primary N) is 3. The molecule has 50 heavy (non-hydrogen) atoms. The zero-order valence-corrected chi connectivity index (χ0v) is 27.4. The lowest BCUT2D eigenvalue weighted by Gasteiger charge is -2.26. The lowest BCUT2D eigenvalue weighted by molar-refractivity contribution is -0.145. The number of carbonyl (C=O) groups excluding carboxylic acids is 6. The van der Waals surface area contributed by atoms with Crippen molar-refractivity contribution in [1.82, 2.24) is 41.9 Å². The third kappa shape index (κ3) is 14.8. The molecular weight excluding hydrogens is 668 g/mol. The van der Waals surface area contributed by atoms with E-state index in [1.54, 1.807) is 0 Å². The van der Waals surface area contributed by atoms with Gasteiger partial charge in [0.15, 0.2) is 12.0 Å². The number of amides is 6. The quantitative estimate of drug-likeness (QED) is 0.0301. The maximum Gasteiger partial charge on any atom is 0.328 e. The monoisotopic (exact) mass is 714 g/mol. The van der Waals surface area contributed by atoms with Gasteiger partial charge in [-0.05, 0) is 26.7 Å². The van der Waals surface area contributed by atoms with Crippen LogP contribution in [0, 0.1) is 0 Å². The first kappa shape index (κ1) is 42.6. The number of aliphatic imine (C=N–C) groups is 1. The molecule has 0 aliphatic heterocycles. The summed E-state index contributed by atoms with van der Waals surface area (Å²) in [7, 11) is 0. The van der Waals surface area contributed by atoms with Crippen molar-refractivity contribution in [2.24, 2.45) is 22.2 Å². The number of H-pyrrole nitrogens is 1. The van der Waals surface area contributed by atoms with Gasteiger partial charge in [-0.15, -0.1) is 0 Å². The lowest BCUT2D eigenvalue weighted by Crippen LogP contribution is -2.61. The Hall–Kier alpha value is -5.39. The molecule has 0 spiro atoms. The predicted molar refractivity (Wildman–Crippen MR) is 172 cm³/mol. The Kier molecular flexibility index (Phi) is 18.4. The lowest BCUT2D eigenvalue weighted by atomic mass is 10.1. The third-order valence-electron chi connectivity index (χ3n) is 6.82. The average Bonchev–Trinajstić information content (AvgIpc) is 3.57.